The van der Waals surface area contributed by atoms with E-state index < -0.39 is 0 Å². The van der Waals surface area contributed by atoms with Gasteiger partial charge in [-0.15, -0.1) is 0 Å². The molecule has 0 radical (unpaired) electrons. The highest BCUT2D eigenvalue weighted by molar-refractivity contribution is 6.01. The van der Waals surface area contributed by atoms with Gasteiger partial charge in [0, 0.05) is 5.69 Å². The average Bonchev–Trinajstić information content (AvgIpc) is 2.34. The highest BCUT2D eigenvalue weighted by Crippen LogP contribution is 2.17. The predicted octanol–water partition coefficient (Wildman–Crippen LogP) is 3.29. The van der Waals surface area contributed by atoms with E-state index in [1.807, 2.05) is 52.0 Å². The number of hydrogen-bond donors (Lipinski definition) is 3. The largest absolute Gasteiger partial charge is 0.369 e. The van der Waals surface area contributed by atoms with Gasteiger partial charge in [-0.1, -0.05) is 12.1 Å². The molecule has 2 rings (SSSR count). The molecule has 2 aromatic rings. The second-order valence-corrected chi connectivity index (χ2v) is 5.81. The second-order valence-electron chi connectivity index (χ2n) is 5.81. The first-order valence-electron chi connectivity index (χ1n) is 7.44. The van der Waals surface area contributed by atoms with Crippen molar-refractivity contribution in [2.24, 2.45) is 21.5 Å². The van der Waals surface area contributed by atoms with E-state index in [9.17, 15) is 0 Å². The SMILES string of the molecule is Cc1cc(C)cc(N=C(N)N=C(N)Nc2cc(C)cc(C)c2)c1. The molecule has 0 aliphatic heterocycles. The van der Waals surface area contributed by atoms with E-state index in [2.05, 4.69) is 27.4 Å². The number of aliphatic imine (C=N–C) groups is 2. The minimum atomic E-state index is 0.115. The topological polar surface area (TPSA) is 88.8 Å². The van der Waals surface area contributed by atoms with E-state index in [1.54, 1.807) is 0 Å². The van der Waals surface area contributed by atoms with E-state index in [0.29, 0.717) is 0 Å². The molecule has 0 amide bonds. The Labute approximate surface area is 137 Å². The Morgan fingerprint density at radius 2 is 1.26 bits per heavy atom. The summed E-state index contributed by atoms with van der Waals surface area (Å²) in [5.74, 6) is 0.324. The van der Waals surface area contributed by atoms with Gasteiger partial charge >= 0.3 is 0 Å². The number of hydrogen-bond acceptors (Lipinski definition) is 1. The summed E-state index contributed by atoms with van der Waals surface area (Å²) in [6.45, 7) is 8.09. The Kier molecular flexibility index (Phi) is 5.01. The summed E-state index contributed by atoms with van der Waals surface area (Å²) >= 11 is 0. The lowest BCUT2D eigenvalue weighted by molar-refractivity contribution is 1.33. The van der Waals surface area contributed by atoms with Crippen LogP contribution < -0.4 is 16.8 Å². The van der Waals surface area contributed by atoms with Crippen molar-refractivity contribution >= 4 is 23.3 Å². The summed E-state index contributed by atoms with van der Waals surface area (Å²) in [6.07, 6.45) is 0. The fourth-order valence-corrected chi connectivity index (χ4v) is 2.52. The number of guanidine groups is 2. The number of nitrogens with two attached hydrogens (primary N) is 2. The molecule has 5 N–H and O–H groups in total. The van der Waals surface area contributed by atoms with Crippen LogP contribution in [0.3, 0.4) is 0 Å². The Morgan fingerprint density at radius 3 is 1.78 bits per heavy atom. The van der Waals surface area contributed by atoms with Crippen molar-refractivity contribution in [2.45, 2.75) is 27.7 Å². The molecule has 0 aliphatic rings. The third-order valence-corrected chi connectivity index (χ3v) is 3.18. The van der Waals surface area contributed by atoms with E-state index in [-0.39, 0.29) is 11.9 Å². The molecular formula is C18H23N5. The summed E-state index contributed by atoms with van der Waals surface area (Å²) in [6, 6.07) is 12.0. The van der Waals surface area contributed by atoms with Gasteiger partial charge in [0.25, 0.3) is 0 Å². The Hall–Kier alpha value is -2.82. The van der Waals surface area contributed by atoms with E-state index in [4.69, 9.17) is 11.5 Å². The molecule has 120 valence electrons. The standard InChI is InChI=1S/C18H23N5/c1-11-5-12(2)8-15(7-11)21-17(19)23-18(20)22-16-9-13(3)6-14(4)10-16/h5-10H,1-4H3,(H5,19,20,21,22,23). The van der Waals surface area contributed by atoms with Crippen LogP contribution in [0.5, 0.6) is 0 Å². The maximum atomic E-state index is 5.90. The van der Waals surface area contributed by atoms with Crippen LogP contribution in [0.1, 0.15) is 22.3 Å². The molecule has 0 saturated heterocycles. The zero-order valence-corrected chi connectivity index (χ0v) is 14.0. The Morgan fingerprint density at radius 1 is 0.783 bits per heavy atom. The Bertz CT molecular complexity index is 734. The van der Waals surface area contributed by atoms with Gasteiger partial charge < -0.3 is 16.8 Å². The minimum absolute atomic E-state index is 0.115. The molecule has 0 saturated carbocycles. The minimum Gasteiger partial charge on any atom is -0.369 e. The van der Waals surface area contributed by atoms with Gasteiger partial charge in [0.15, 0.2) is 0 Å². The monoisotopic (exact) mass is 309 g/mol. The number of benzene rings is 2. The van der Waals surface area contributed by atoms with Crippen molar-refractivity contribution in [1.29, 1.82) is 0 Å². The van der Waals surface area contributed by atoms with Crippen LogP contribution >= 0.6 is 0 Å². The molecule has 5 nitrogen and oxygen atoms in total. The highest BCUT2D eigenvalue weighted by Gasteiger charge is 2.00. The fourth-order valence-electron chi connectivity index (χ4n) is 2.52. The second kappa shape index (κ2) is 6.96. The average molecular weight is 309 g/mol. The van der Waals surface area contributed by atoms with Crippen molar-refractivity contribution < 1.29 is 0 Å². The van der Waals surface area contributed by atoms with Gasteiger partial charge in [0.05, 0.1) is 5.69 Å². The number of nitrogens with zero attached hydrogens (tertiary/aromatic N) is 2. The first-order valence-corrected chi connectivity index (χ1v) is 7.44. The maximum absolute atomic E-state index is 5.90. The van der Waals surface area contributed by atoms with Crippen LogP contribution in [0.2, 0.25) is 0 Å². The first kappa shape index (κ1) is 16.5. The smallest absolute Gasteiger partial charge is 0.223 e. The zero-order chi connectivity index (χ0) is 17.0. The van der Waals surface area contributed by atoms with Crippen LogP contribution in [0.4, 0.5) is 11.4 Å². The van der Waals surface area contributed by atoms with Gasteiger partial charge in [-0.3, -0.25) is 0 Å². The number of nitrogens with one attached hydrogen (secondary N) is 1. The van der Waals surface area contributed by atoms with Crippen LogP contribution in [0.25, 0.3) is 0 Å². The van der Waals surface area contributed by atoms with Crippen LogP contribution in [0, 0.1) is 27.7 Å². The molecule has 0 aromatic heterocycles. The van der Waals surface area contributed by atoms with Crippen molar-refractivity contribution in [3.8, 4) is 0 Å². The molecule has 0 unspecified atom stereocenters. The van der Waals surface area contributed by atoms with Crippen molar-refractivity contribution in [2.75, 3.05) is 5.32 Å². The van der Waals surface area contributed by atoms with E-state index in [0.717, 1.165) is 33.6 Å². The molecule has 0 spiro atoms. The molecule has 0 aliphatic carbocycles. The van der Waals surface area contributed by atoms with Crippen LogP contribution in [-0.4, -0.2) is 11.9 Å². The lowest BCUT2D eigenvalue weighted by Crippen LogP contribution is -2.26. The van der Waals surface area contributed by atoms with Gasteiger partial charge in [-0.05, 0) is 74.2 Å². The predicted molar refractivity (Wildman–Crippen MR) is 98.4 cm³/mol. The fraction of sp³-hybridized carbons (Fsp3) is 0.222. The zero-order valence-electron chi connectivity index (χ0n) is 14.0. The summed E-state index contributed by atoms with van der Waals surface area (Å²) in [4.78, 5) is 8.38. The van der Waals surface area contributed by atoms with Crippen LogP contribution in [-0.2, 0) is 0 Å². The third-order valence-electron chi connectivity index (χ3n) is 3.18. The number of anilines is 1. The third kappa shape index (κ3) is 5.14. The maximum Gasteiger partial charge on any atom is 0.223 e. The molecule has 0 fully saturated rings. The lowest BCUT2D eigenvalue weighted by Gasteiger charge is -2.07. The molecular weight excluding hydrogens is 286 g/mol. The molecule has 5 heteroatoms. The van der Waals surface area contributed by atoms with Crippen molar-refractivity contribution in [1.82, 2.24) is 0 Å². The van der Waals surface area contributed by atoms with Gasteiger partial charge in [-0.2, -0.15) is 4.99 Å². The lowest BCUT2D eigenvalue weighted by atomic mass is 10.1. The Balaban J connectivity index is 2.17. The molecule has 2 aromatic carbocycles. The molecule has 23 heavy (non-hydrogen) atoms. The summed E-state index contributed by atoms with van der Waals surface area (Å²) in [5, 5.41) is 3.03. The molecule has 0 heterocycles. The highest BCUT2D eigenvalue weighted by atomic mass is 15.2. The number of rotatable bonds is 2. The van der Waals surface area contributed by atoms with Gasteiger partial charge in [-0.25, -0.2) is 4.99 Å². The molecule has 0 bridgehead atoms. The van der Waals surface area contributed by atoms with E-state index >= 15 is 0 Å². The summed E-state index contributed by atoms with van der Waals surface area (Å²) in [5.41, 5.74) is 18.0. The quantitative estimate of drug-likeness (QED) is 0.587. The number of aryl methyl sites for hydroxylation is 4. The first-order chi connectivity index (χ1) is 10.8. The van der Waals surface area contributed by atoms with Crippen molar-refractivity contribution in [3.63, 3.8) is 0 Å². The van der Waals surface area contributed by atoms with Gasteiger partial charge in [0.2, 0.25) is 11.9 Å². The van der Waals surface area contributed by atoms with E-state index in [1.165, 1.54) is 0 Å². The molecule has 0 atom stereocenters. The van der Waals surface area contributed by atoms with Crippen LogP contribution in [0.15, 0.2) is 46.4 Å². The summed E-state index contributed by atoms with van der Waals surface area (Å²) in [7, 11) is 0. The summed E-state index contributed by atoms with van der Waals surface area (Å²) < 4.78 is 0. The normalized spacial score (nSPS) is 12.3. The van der Waals surface area contributed by atoms with Gasteiger partial charge in [0.1, 0.15) is 0 Å². The van der Waals surface area contributed by atoms with Crippen molar-refractivity contribution in [3.05, 3.63) is 58.7 Å².